The first-order valence-electron chi connectivity index (χ1n) is 6.01. The average Bonchev–Trinajstić information content (AvgIpc) is 2.26. The van der Waals surface area contributed by atoms with E-state index in [-0.39, 0.29) is 0 Å². The van der Waals surface area contributed by atoms with Crippen LogP contribution in [0.15, 0.2) is 0 Å². The van der Waals surface area contributed by atoms with Gasteiger partial charge in [-0.05, 0) is 38.0 Å². The van der Waals surface area contributed by atoms with E-state index in [1.807, 2.05) is 6.92 Å². The molecule has 0 fully saturated rings. The van der Waals surface area contributed by atoms with Crippen molar-refractivity contribution < 1.29 is 4.74 Å². The maximum Gasteiger partial charge on any atom is 0.0593 e. The van der Waals surface area contributed by atoms with Crippen LogP contribution in [0.4, 0.5) is 0 Å². The second kappa shape index (κ2) is 8.43. The molecule has 15 heavy (non-hydrogen) atoms. The van der Waals surface area contributed by atoms with Crippen LogP contribution < -0.4 is 0 Å². The molecule has 0 unspecified atom stereocenters. The molecular weight excluding hydrogens is 206 g/mol. The monoisotopic (exact) mass is 233 g/mol. The molecule has 0 heterocycles. The van der Waals surface area contributed by atoms with Crippen LogP contribution in [-0.4, -0.2) is 44.0 Å². The summed E-state index contributed by atoms with van der Waals surface area (Å²) in [5.74, 6) is 0.971. The molecule has 0 aromatic rings. The van der Waals surface area contributed by atoms with Crippen LogP contribution in [0.25, 0.3) is 0 Å². The van der Waals surface area contributed by atoms with Crippen LogP contribution in [0, 0.1) is 5.41 Å². The minimum absolute atomic E-state index is 0.379. The van der Waals surface area contributed by atoms with Gasteiger partial charge in [0.15, 0.2) is 0 Å². The SMILES string of the molecule is CCOCCN(C)CC(CC)(CC)CS. The Bertz CT molecular complexity index is 140. The standard InChI is InChI=1S/C12H27NOS/c1-5-12(6-2,11-15)10-13(4)8-9-14-7-3/h15H,5-11H2,1-4H3. The first kappa shape index (κ1) is 15.3. The Morgan fingerprint density at radius 2 is 1.80 bits per heavy atom. The summed E-state index contributed by atoms with van der Waals surface area (Å²) in [5, 5.41) is 0. The van der Waals surface area contributed by atoms with Crippen molar-refractivity contribution in [1.29, 1.82) is 0 Å². The number of nitrogens with zero attached hydrogens (tertiary/aromatic N) is 1. The highest BCUT2D eigenvalue weighted by Gasteiger charge is 2.25. The zero-order valence-electron chi connectivity index (χ0n) is 10.8. The van der Waals surface area contributed by atoms with Gasteiger partial charge in [0, 0.05) is 19.7 Å². The Kier molecular flexibility index (Phi) is 8.58. The molecule has 0 aromatic carbocycles. The van der Waals surface area contributed by atoms with Crippen LogP contribution in [0.3, 0.4) is 0 Å². The molecule has 0 atom stereocenters. The Hall–Kier alpha value is 0.270. The van der Waals surface area contributed by atoms with Crippen LogP contribution in [0.5, 0.6) is 0 Å². The van der Waals surface area contributed by atoms with Gasteiger partial charge in [0.1, 0.15) is 0 Å². The van der Waals surface area contributed by atoms with Crippen LogP contribution in [0.1, 0.15) is 33.6 Å². The third-order valence-corrected chi connectivity index (χ3v) is 3.93. The lowest BCUT2D eigenvalue weighted by Crippen LogP contribution is -2.37. The molecule has 0 saturated heterocycles. The number of hydrogen-bond acceptors (Lipinski definition) is 3. The van der Waals surface area contributed by atoms with Crippen molar-refractivity contribution in [2.45, 2.75) is 33.6 Å². The number of thiol groups is 1. The molecule has 3 heteroatoms. The van der Waals surface area contributed by atoms with Crippen molar-refractivity contribution in [3.63, 3.8) is 0 Å². The molecule has 0 rings (SSSR count). The smallest absolute Gasteiger partial charge is 0.0593 e. The Labute approximate surface area is 101 Å². The highest BCUT2D eigenvalue weighted by molar-refractivity contribution is 7.80. The van der Waals surface area contributed by atoms with Crippen molar-refractivity contribution in [3.05, 3.63) is 0 Å². The molecule has 0 N–H and O–H groups in total. The van der Waals surface area contributed by atoms with E-state index in [2.05, 4.69) is 38.4 Å². The Morgan fingerprint density at radius 1 is 1.20 bits per heavy atom. The van der Waals surface area contributed by atoms with E-state index >= 15 is 0 Å². The second-order valence-corrected chi connectivity index (χ2v) is 4.62. The minimum atomic E-state index is 0.379. The summed E-state index contributed by atoms with van der Waals surface area (Å²) < 4.78 is 5.36. The Balaban J connectivity index is 3.94. The Morgan fingerprint density at radius 3 is 2.20 bits per heavy atom. The van der Waals surface area contributed by atoms with Crippen LogP contribution >= 0.6 is 12.6 Å². The zero-order valence-corrected chi connectivity index (χ0v) is 11.6. The maximum atomic E-state index is 5.36. The van der Waals surface area contributed by atoms with Gasteiger partial charge in [0.05, 0.1) is 6.61 Å². The van der Waals surface area contributed by atoms with Gasteiger partial charge in [-0.15, -0.1) is 0 Å². The molecule has 2 nitrogen and oxygen atoms in total. The first-order chi connectivity index (χ1) is 7.14. The summed E-state index contributed by atoms with van der Waals surface area (Å²) >= 11 is 4.49. The third kappa shape index (κ3) is 5.79. The van der Waals surface area contributed by atoms with Gasteiger partial charge < -0.3 is 9.64 Å². The predicted molar refractivity (Wildman–Crippen MR) is 70.9 cm³/mol. The highest BCUT2D eigenvalue weighted by Crippen LogP contribution is 2.28. The van der Waals surface area contributed by atoms with Crippen molar-refractivity contribution >= 4 is 12.6 Å². The molecule has 0 amide bonds. The molecule has 0 radical (unpaired) electrons. The van der Waals surface area contributed by atoms with E-state index in [0.29, 0.717) is 5.41 Å². The van der Waals surface area contributed by atoms with E-state index in [1.165, 1.54) is 12.8 Å². The number of rotatable bonds is 9. The normalized spacial score (nSPS) is 12.4. The van der Waals surface area contributed by atoms with Gasteiger partial charge in [0.25, 0.3) is 0 Å². The van der Waals surface area contributed by atoms with Gasteiger partial charge in [0.2, 0.25) is 0 Å². The van der Waals surface area contributed by atoms with Gasteiger partial charge in [-0.1, -0.05) is 13.8 Å². The molecule has 0 aliphatic rings. The first-order valence-corrected chi connectivity index (χ1v) is 6.64. The van der Waals surface area contributed by atoms with Crippen molar-refractivity contribution in [3.8, 4) is 0 Å². The number of hydrogen-bond donors (Lipinski definition) is 1. The lowest BCUT2D eigenvalue weighted by Gasteiger charge is -2.34. The van der Waals surface area contributed by atoms with Crippen molar-refractivity contribution in [2.24, 2.45) is 5.41 Å². The van der Waals surface area contributed by atoms with Gasteiger partial charge in [-0.2, -0.15) is 12.6 Å². The van der Waals surface area contributed by atoms with E-state index in [1.54, 1.807) is 0 Å². The maximum absolute atomic E-state index is 5.36. The zero-order chi connectivity index (χ0) is 11.7. The summed E-state index contributed by atoms with van der Waals surface area (Å²) in [4.78, 5) is 2.36. The highest BCUT2D eigenvalue weighted by atomic mass is 32.1. The lowest BCUT2D eigenvalue weighted by molar-refractivity contribution is 0.102. The molecule has 0 aliphatic heterocycles. The van der Waals surface area contributed by atoms with E-state index in [0.717, 1.165) is 32.1 Å². The fraction of sp³-hybridized carbons (Fsp3) is 1.00. The van der Waals surface area contributed by atoms with Crippen LogP contribution in [0.2, 0.25) is 0 Å². The summed E-state index contributed by atoms with van der Waals surface area (Å²) in [6.45, 7) is 10.3. The molecule has 0 aromatic heterocycles. The summed E-state index contributed by atoms with van der Waals surface area (Å²) in [6.07, 6.45) is 2.40. The van der Waals surface area contributed by atoms with Gasteiger partial charge >= 0.3 is 0 Å². The van der Waals surface area contributed by atoms with Crippen molar-refractivity contribution in [1.82, 2.24) is 4.90 Å². The molecule has 0 saturated carbocycles. The number of ether oxygens (including phenoxy) is 1. The van der Waals surface area contributed by atoms with Crippen molar-refractivity contribution in [2.75, 3.05) is 39.1 Å². The third-order valence-electron chi connectivity index (χ3n) is 3.26. The molecule has 0 bridgehead atoms. The largest absolute Gasteiger partial charge is 0.380 e. The van der Waals surface area contributed by atoms with Gasteiger partial charge in [-0.25, -0.2) is 0 Å². The van der Waals surface area contributed by atoms with Crippen LogP contribution in [-0.2, 0) is 4.74 Å². The summed E-state index contributed by atoms with van der Waals surface area (Å²) in [7, 11) is 2.17. The predicted octanol–water partition coefficient (Wildman–Crippen LogP) is 2.69. The topological polar surface area (TPSA) is 12.5 Å². The summed E-state index contributed by atoms with van der Waals surface area (Å²) in [6, 6.07) is 0. The van der Waals surface area contributed by atoms with Gasteiger partial charge in [-0.3, -0.25) is 0 Å². The fourth-order valence-electron chi connectivity index (χ4n) is 1.76. The molecule has 0 aliphatic carbocycles. The number of likely N-dealkylation sites (N-methyl/N-ethyl adjacent to an activating group) is 1. The van der Waals surface area contributed by atoms with E-state index in [4.69, 9.17) is 4.74 Å². The molecular formula is C12H27NOS. The minimum Gasteiger partial charge on any atom is -0.380 e. The lowest BCUT2D eigenvalue weighted by atomic mass is 9.84. The second-order valence-electron chi connectivity index (χ2n) is 4.30. The molecule has 92 valence electrons. The fourth-order valence-corrected chi connectivity index (χ4v) is 2.31. The summed E-state index contributed by atoms with van der Waals surface area (Å²) in [5.41, 5.74) is 0.379. The average molecular weight is 233 g/mol. The van der Waals surface area contributed by atoms with E-state index < -0.39 is 0 Å². The van der Waals surface area contributed by atoms with E-state index in [9.17, 15) is 0 Å². The quantitative estimate of drug-likeness (QED) is 0.485. The molecule has 0 spiro atoms.